The van der Waals surface area contributed by atoms with Crippen molar-refractivity contribution in [1.82, 2.24) is 19.1 Å². The molecule has 3 aromatic rings. The maximum atomic E-state index is 12.4. The van der Waals surface area contributed by atoms with E-state index < -0.39 is 0 Å². The molecular weight excluding hydrogens is 294 g/mol. The lowest BCUT2D eigenvalue weighted by molar-refractivity contribution is 0.717. The van der Waals surface area contributed by atoms with E-state index in [-0.39, 0.29) is 23.8 Å². The molecule has 0 aliphatic rings. The van der Waals surface area contributed by atoms with E-state index in [4.69, 9.17) is 0 Å². The predicted molar refractivity (Wildman–Crippen MR) is 89.9 cm³/mol. The summed E-state index contributed by atoms with van der Waals surface area (Å²) in [4.78, 5) is 31.3. The minimum absolute atomic E-state index is 0.133. The van der Waals surface area contributed by atoms with Crippen LogP contribution in [0.3, 0.4) is 0 Å². The number of H-pyrrole nitrogens is 1. The molecule has 0 fully saturated rings. The molecule has 7 heteroatoms. The van der Waals surface area contributed by atoms with E-state index in [0.717, 1.165) is 11.0 Å². The number of hydrogen-bond donors (Lipinski definition) is 2. The highest BCUT2D eigenvalue weighted by Crippen LogP contribution is 2.12. The first-order valence-electron chi connectivity index (χ1n) is 7.46. The number of imidazole rings is 1. The molecule has 0 amide bonds. The quantitative estimate of drug-likeness (QED) is 0.760. The van der Waals surface area contributed by atoms with Gasteiger partial charge in [-0.15, -0.1) is 0 Å². The molecule has 7 nitrogen and oxygen atoms in total. The van der Waals surface area contributed by atoms with Crippen molar-refractivity contribution >= 4 is 17.0 Å². The Morgan fingerprint density at radius 3 is 2.61 bits per heavy atom. The van der Waals surface area contributed by atoms with Crippen molar-refractivity contribution in [2.24, 2.45) is 7.05 Å². The smallest absolute Gasteiger partial charge is 0.329 e. The molecule has 0 saturated heterocycles. The summed E-state index contributed by atoms with van der Waals surface area (Å²) in [6.07, 6.45) is 0. The normalized spacial score (nSPS) is 11.3. The zero-order chi connectivity index (χ0) is 16.6. The molecule has 2 aromatic heterocycles. The number of hydrogen-bond acceptors (Lipinski definition) is 4. The number of aromatic amines is 1. The topological polar surface area (TPSA) is 84.7 Å². The van der Waals surface area contributed by atoms with Crippen LogP contribution in [0.2, 0.25) is 0 Å². The van der Waals surface area contributed by atoms with Crippen molar-refractivity contribution in [2.75, 3.05) is 5.32 Å². The molecule has 120 valence electrons. The molecule has 0 aliphatic heterocycles. The molecule has 1 aromatic carbocycles. The van der Waals surface area contributed by atoms with Gasteiger partial charge in [-0.05, 0) is 26.0 Å². The summed E-state index contributed by atoms with van der Waals surface area (Å²) < 4.78 is 3.21. The highest BCUT2D eigenvalue weighted by Gasteiger charge is 2.12. The fourth-order valence-electron chi connectivity index (χ4n) is 2.61. The summed E-state index contributed by atoms with van der Waals surface area (Å²) in [5.74, 6) is 0.413. The number of rotatable bonds is 4. The summed E-state index contributed by atoms with van der Waals surface area (Å²) in [6, 6.07) is 9.12. The molecule has 0 saturated carbocycles. The second kappa shape index (κ2) is 5.75. The highest BCUT2D eigenvalue weighted by atomic mass is 16.1. The standard InChI is InChI=1S/C16H19N5O2/c1-10(2)17-15-18-11(8-14(22)19-15)9-21-13-7-5-4-6-12(13)20(3)16(21)23/h4-8,10H,9H2,1-3H3,(H2,17,18,19,22). The molecule has 0 unspecified atom stereocenters. The maximum Gasteiger partial charge on any atom is 0.329 e. The van der Waals surface area contributed by atoms with Crippen LogP contribution >= 0.6 is 0 Å². The van der Waals surface area contributed by atoms with Gasteiger partial charge in [-0.25, -0.2) is 9.78 Å². The molecule has 23 heavy (non-hydrogen) atoms. The molecule has 0 atom stereocenters. The monoisotopic (exact) mass is 313 g/mol. The van der Waals surface area contributed by atoms with Crippen LogP contribution in [0.5, 0.6) is 0 Å². The third kappa shape index (κ3) is 2.90. The zero-order valence-electron chi connectivity index (χ0n) is 13.3. The Hall–Kier alpha value is -2.83. The number of aryl methyl sites for hydroxylation is 1. The lowest BCUT2D eigenvalue weighted by Crippen LogP contribution is -2.24. The summed E-state index contributed by atoms with van der Waals surface area (Å²) in [7, 11) is 1.73. The third-order valence-corrected chi connectivity index (χ3v) is 3.59. The summed E-state index contributed by atoms with van der Waals surface area (Å²) in [5.41, 5.74) is 1.83. The first-order valence-corrected chi connectivity index (χ1v) is 7.46. The Kier molecular flexibility index (Phi) is 3.77. The van der Waals surface area contributed by atoms with Crippen LogP contribution in [-0.2, 0) is 13.6 Å². The van der Waals surface area contributed by atoms with E-state index in [1.165, 1.54) is 6.07 Å². The van der Waals surface area contributed by atoms with Crippen molar-refractivity contribution in [1.29, 1.82) is 0 Å². The number of benzene rings is 1. The van der Waals surface area contributed by atoms with Gasteiger partial charge in [0.05, 0.1) is 23.3 Å². The van der Waals surface area contributed by atoms with Gasteiger partial charge in [-0.3, -0.25) is 18.9 Å². The van der Waals surface area contributed by atoms with Crippen LogP contribution in [0.1, 0.15) is 19.5 Å². The second-order valence-corrected chi connectivity index (χ2v) is 5.80. The van der Waals surface area contributed by atoms with Gasteiger partial charge in [-0.2, -0.15) is 0 Å². The maximum absolute atomic E-state index is 12.4. The van der Waals surface area contributed by atoms with Crippen LogP contribution in [-0.4, -0.2) is 25.1 Å². The lowest BCUT2D eigenvalue weighted by atomic mass is 10.3. The van der Waals surface area contributed by atoms with E-state index in [0.29, 0.717) is 11.6 Å². The van der Waals surface area contributed by atoms with E-state index in [1.807, 2.05) is 38.1 Å². The number of anilines is 1. The van der Waals surface area contributed by atoms with Gasteiger partial charge in [-0.1, -0.05) is 12.1 Å². The summed E-state index contributed by atoms with van der Waals surface area (Å²) >= 11 is 0. The van der Waals surface area contributed by atoms with Crippen molar-refractivity contribution in [3.63, 3.8) is 0 Å². The molecular formula is C16H19N5O2. The van der Waals surface area contributed by atoms with E-state index >= 15 is 0 Å². The molecule has 3 rings (SSSR count). The molecule has 2 N–H and O–H groups in total. The van der Waals surface area contributed by atoms with Gasteiger partial charge in [0.1, 0.15) is 0 Å². The fourth-order valence-corrected chi connectivity index (χ4v) is 2.61. The Bertz CT molecular complexity index is 964. The fraction of sp³-hybridized carbons (Fsp3) is 0.312. The first kappa shape index (κ1) is 15.1. The Labute approximate surface area is 132 Å². The van der Waals surface area contributed by atoms with Crippen molar-refractivity contribution in [3.05, 3.63) is 56.9 Å². The average Bonchev–Trinajstić information content (AvgIpc) is 2.72. The first-order chi connectivity index (χ1) is 11.0. The van der Waals surface area contributed by atoms with Gasteiger partial charge in [0.15, 0.2) is 0 Å². The molecule has 0 radical (unpaired) electrons. The minimum Gasteiger partial charge on any atom is -0.354 e. The highest BCUT2D eigenvalue weighted by molar-refractivity contribution is 5.75. The van der Waals surface area contributed by atoms with Gasteiger partial charge in [0, 0.05) is 19.2 Å². The molecule has 0 spiro atoms. The molecule has 0 bridgehead atoms. The number of para-hydroxylation sites is 2. The molecule has 0 aliphatic carbocycles. The Morgan fingerprint density at radius 1 is 1.22 bits per heavy atom. The lowest BCUT2D eigenvalue weighted by Gasteiger charge is -2.10. The van der Waals surface area contributed by atoms with E-state index in [1.54, 1.807) is 16.2 Å². The van der Waals surface area contributed by atoms with Crippen LogP contribution < -0.4 is 16.6 Å². The largest absolute Gasteiger partial charge is 0.354 e. The summed E-state index contributed by atoms with van der Waals surface area (Å²) in [5, 5.41) is 3.07. The zero-order valence-corrected chi connectivity index (χ0v) is 13.3. The average molecular weight is 313 g/mol. The van der Waals surface area contributed by atoms with Crippen molar-refractivity contribution in [3.8, 4) is 0 Å². The number of aromatic nitrogens is 4. The van der Waals surface area contributed by atoms with Crippen molar-refractivity contribution < 1.29 is 0 Å². The number of nitrogens with zero attached hydrogens (tertiary/aromatic N) is 3. The minimum atomic E-state index is -0.244. The van der Waals surface area contributed by atoms with E-state index in [9.17, 15) is 9.59 Å². The van der Waals surface area contributed by atoms with Crippen molar-refractivity contribution in [2.45, 2.75) is 26.4 Å². The molecule has 2 heterocycles. The van der Waals surface area contributed by atoms with Gasteiger partial charge in [0.25, 0.3) is 5.56 Å². The van der Waals surface area contributed by atoms with Gasteiger partial charge >= 0.3 is 5.69 Å². The van der Waals surface area contributed by atoms with Gasteiger partial charge < -0.3 is 5.32 Å². The third-order valence-electron chi connectivity index (χ3n) is 3.59. The predicted octanol–water partition coefficient (Wildman–Crippen LogP) is 1.29. The van der Waals surface area contributed by atoms with Crippen LogP contribution in [0.15, 0.2) is 39.9 Å². The number of nitrogens with one attached hydrogen (secondary N) is 2. The van der Waals surface area contributed by atoms with Gasteiger partial charge in [0.2, 0.25) is 5.95 Å². The SMILES string of the molecule is CC(C)Nc1nc(Cn2c(=O)n(C)c3ccccc32)cc(=O)[nH]1. The van der Waals surface area contributed by atoms with E-state index in [2.05, 4.69) is 15.3 Å². The number of fused-ring (bicyclic) bond motifs is 1. The Balaban J connectivity index is 2.06. The van der Waals surface area contributed by atoms with Crippen LogP contribution in [0.25, 0.3) is 11.0 Å². The summed E-state index contributed by atoms with van der Waals surface area (Å²) in [6.45, 7) is 4.17. The van der Waals surface area contributed by atoms with Crippen LogP contribution in [0, 0.1) is 0 Å². The van der Waals surface area contributed by atoms with Crippen LogP contribution in [0.4, 0.5) is 5.95 Å². The Morgan fingerprint density at radius 2 is 1.91 bits per heavy atom. The second-order valence-electron chi connectivity index (χ2n) is 5.80.